The summed E-state index contributed by atoms with van der Waals surface area (Å²) in [6.45, 7) is 4.09. The van der Waals surface area contributed by atoms with Crippen LogP contribution in [0, 0.1) is 5.82 Å². The SMILES string of the molecule is CN(c1cnc(-c2ccc(-c3nc(=O)n(C)cc3F)cc2O)nn1)[C@@H]1C[C@@]2(C)CCC[C@](C)(N2)[C@@H]1F. The molecule has 2 N–H and O–H groups in total. The van der Waals surface area contributed by atoms with E-state index in [0.29, 0.717) is 12.2 Å². The van der Waals surface area contributed by atoms with Crippen molar-refractivity contribution in [1.29, 1.82) is 0 Å². The van der Waals surface area contributed by atoms with Crippen molar-refractivity contribution in [3.63, 3.8) is 0 Å². The average molecular weight is 498 g/mol. The molecule has 3 aromatic rings. The van der Waals surface area contributed by atoms with E-state index in [1.165, 1.54) is 31.4 Å². The fourth-order valence-corrected chi connectivity index (χ4v) is 5.65. The maximum absolute atomic E-state index is 15.6. The molecule has 2 saturated heterocycles. The molecule has 9 nitrogen and oxygen atoms in total. The van der Waals surface area contributed by atoms with E-state index in [4.69, 9.17) is 0 Å². The summed E-state index contributed by atoms with van der Waals surface area (Å²) >= 11 is 0. The van der Waals surface area contributed by atoms with E-state index in [9.17, 15) is 14.3 Å². The highest BCUT2D eigenvalue weighted by atomic mass is 19.1. The molecule has 0 amide bonds. The van der Waals surface area contributed by atoms with Gasteiger partial charge in [-0.1, -0.05) is 6.07 Å². The second-order valence-corrected chi connectivity index (χ2v) is 10.4. The molecule has 11 heteroatoms. The average Bonchev–Trinajstić information content (AvgIpc) is 2.83. The molecule has 0 spiro atoms. The van der Waals surface area contributed by atoms with Gasteiger partial charge >= 0.3 is 5.69 Å². The second-order valence-electron chi connectivity index (χ2n) is 10.4. The highest BCUT2D eigenvalue weighted by Crippen LogP contribution is 2.43. The van der Waals surface area contributed by atoms with Crippen molar-refractivity contribution in [3.05, 3.63) is 46.9 Å². The molecule has 0 aliphatic carbocycles. The molecule has 2 fully saturated rings. The summed E-state index contributed by atoms with van der Waals surface area (Å²) in [7, 11) is 3.20. The van der Waals surface area contributed by atoms with E-state index in [1.54, 1.807) is 11.9 Å². The maximum atomic E-state index is 15.6. The number of alkyl halides is 1. The van der Waals surface area contributed by atoms with Gasteiger partial charge in [0.05, 0.1) is 17.8 Å². The topological polar surface area (TPSA) is 109 Å². The third-order valence-electron chi connectivity index (χ3n) is 7.58. The van der Waals surface area contributed by atoms with Gasteiger partial charge in [-0.25, -0.2) is 18.6 Å². The molecule has 1 aromatic carbocycles. The molecule has 0 radical (unpaired) electrons. The summed E-state index contributed by atoms with van der Waals surface area (Å²) in [4.78, 5) is 21.7. The first-order chi connectivity index (χ1) is 17.0. The number of halogens is 2. The minimum atomic E-state index is -1.09. The Hall–Kier alpha value is -3.47. The molecule has 36 heavy (non-hydrogen) atoms. The number of hydrogen-bond donors (Lipinski definition) is 2. The normalized spacial score (nSPS) is 27.6. The highest BCUT2D eigenvalue weighted by molar-refractivity contribution is 5.71. The van der Waals surface area contributed by atoms with Crippen LogP contribution in [0.25, 0.3) is 22.6 Å². The summed E-state index contributed by atoms with van der Waals surface area (Å²) in [5, 5.41) is 22.5. The number of nitrogens with one attached hydrogen (secondary N) is 1. The van der Waals surface area contributed by atoms with Crippen LogP contribution < -0.4 is 15.9 Å². The smallest absolute Gasteiger partial charge is 0.348 e. The van der Waals surface area contributed by atoms with Crippen molar-refractivity contribution >= 4 is 5.82 Å². The summed E-state index contributed by atoms with van der Waals surface area (Å²) in [6, 6.07) is 3.95. The van der Waals surface area contributed by atoms with Crippen LogP contribution >= 0.6 is 0 Å². The van der Waals surface area contributed by atoms with Crippen molar-refractivity contribution in [2.45, 2.75) is 62.8 Å². The number of anilines is 1. The van der Waals surface area contributed by atoms with Crippen molar-refractivity contribution in [2.24, 2.45) is 7.05 Å². The Morgan fingerprint density at radius 2 is 2.03 bits per heavy atom. The Morgan fingerprint density at radius 1 is 1.25 bits per heavy atom. The molecule has 0 unspecified atom stereocenters. The van der Waals surface area contributed by atoms with Crippen LogP contribution in [-0.4, -0.2) is 60.2 Å². The van der Waals surface area contributed by atoms with Crippen LogP contribution in [0.15, 0.2) is 35.4 Å². The fourth-order valence-electron chi connectivity index (χ4n) is 5.65. The summed E-state index contributed by atoms with van der Waals surface area (Å²) < 4.78 is 31.0. The number of piperidine rings is 2. The largest absolute Gasteiger partial charge is 0.507 e. The van der Waals surface area contributed by atoms with E-state index >= 15 is 4.39 Å². The minimum absolute atomic E-state index is 0.139. The zero-order valence-electron chi connectivity index (χ0n) is 20.7. The standard InChI is InChI=1S/C25H29F2N7O2/c1-24-8-5-9-25(2,32-24)21(27)17(11-24)34(4)19-12-28-22(31-30-19)15-7-6-14(10-18(15)35)20-16(26)13-33(3)23(36)29-20/h6-7,10,12-13,17,21,32,35H,5,8-9,11H2,1-4H3/t17-,21-,24-,25+/m1/s1. The van der Waals surface area contributed by atoms with Gasteiger partial charge in [-0.3, -0.25) is 4.57 Å². The number of phenolic OH excluding ortho intramolecular Hbond substituents is 1. The fraction of sp³-hybridized carbons (Fsp3) is 0.480. The van der Waals surface area contributed by atoms with Gasteiger partial charge in [-0.15, -0.1) is 10.2 Å². The Bertz CT molecular complexity index is 1370. The third kappa shape index (κ3) is 4.11. The van der Waals surface area contributed by atoms with Gasteiger partial charge in [0.25, 0.3) is 0 Å². The van der Waals surface area contributed by atoms with Gasteiger partial charge in [-0.05, 0) is 51.7 Å². The first-order valence-corrected chi connectivity index (χ1v) is 11.9. The monoisotopic (exact) mass is 497 g/mol. The number of benzene rings is 1. The molecule has 4 heterocycles. The zero-order valence-corrected chi connectivity index (χ0v) is 20.7. The lowest BCUT2D eigenvalue weighted by molar-refractivity contribution is 0.00193. The molecule has 4 atom stereocenters. The molecule has 5 rings (SSSR count). The molecular weight excluding hydrogens is 468 g/mol. The van der Waals surface area contributed by atoms with Gasteiger partial charge in [0, 0.05) is 36.9 Å². The molecule has 0 saturated carbocycles. The lowest BCUT2D eigenvalue weighted by atomic mass is 9.68. The minimum Gasteiger partial charge on any atom is -0.507 e. The highest BCUT2D eigenvalue weighted by Gasteiger charge is 2.53. The number of hydrogen-bond acceptors (Lipinski definition) is 8. The van der Waals surface area contributed by atoms with Crippen LogP contribution in [0.4, 0.5) is 14.6 Å². The van der Waals surface area contributed by atoms with E-state index in [0.717, 1.165) is 30.0 Å². The van der Waals surface area contributed by atoms with Crippen molar-refractivity contribution < 1.29 is 13.9 Å². The summed E-state index contributed by atoms with van der Waals surface area (Å²) in [5.41, 5.74) is -0.979. The third-order valence-corrected chi connectivity index (χ3v) is 7.58. The van der Waals surface area contributed by atoms with Crippen molar-refractivity contribution in [1.82, 2.24) is 30.0 Å². The summed E-state index contributed by atoms with van der Waals surface area (Å²) in [5.74, 6) is -0.314. The van der Waals surface area contributed by atoms with Gasteiger partial charge in [0.2, 0.25) is 0 Å². The predicted molar refractivity (Wildman–Crippen MR) is 131 cm³/mol. The van der Waals surface area contributed by atoms with Crippen molar-refractivity contribution in [2.75, 3.05) is 11.9 Å². The molecule has 2 bridgehead atoms. The molecular formula is C25H29F2N7O2. The summed E-state index contributed by atoms with van der Waals surface area (Å²) in [6.07, 6.45) is 4.87. The van der Waals surface area contributed by atoms with Crippen LogP contribution in [0.5, 0.6) is 5.75 Å². The van der Waals surface area contributed by atoms with Crippen LogP contribution in [0.3, 0.4) is 0 Å². The molecule has 2 aliphatic heterocycles. The van der Waals surface area contributed by atoms with Gasteiger partial charge < -0.3 is 15.3 Å². The van der Waals surface area contributed by atoms with E-state index in [1.807, 2.05) is 6.92 Å². The van der Waals surface area contributed by atoms with E-state index in [2.05, 4.69) is 32.4 Å². The number of aromatic nitrogens is 5. The Morgan fingerprint density at radius 3 is 2.72 bits per heavy atom. The van der Waals surface area contributed by atoms with Gasteiger partial charge in [-0.2, -0.15) is 4.98 Å². The van der Waals surface area contributed by atoms with Crippen molar-refractivity contribution in [3.8, 4) is 28.4 Å². The Balaban J connectivity index is 1.39. The van der Waals surface area contributed by atoms with Gasteiger partial charge in [0.15, 0.2) is 17.5 Å². The number of phenols is 1. The number of aromatic hydroxyl groups is 1. The lowest BCUT2D eigenvalue weighted by Gasteiger charge is -2.56. The Kier molecular flexibility index (Phi) is 5.77. The first-order valence-electron chi connectivity index (χ1n) is 11.9. The van der Waals surface area contributed by atoms with Crippen LogP contribution in [-0.2, 0) is 7.05 Å². The first kappa shape index (κ1) is 24.2. The van der Waals surface area contributed by atoms with Crippen LogP contribution in [0.1, 0.15) is 39.5 Å². The molecule has 190 valence electrons. The number of aryl methyl sites for hydroxylation is 1. The number of rotatable bonds is 4. The number of nitrogens with zero attached hydrogens (tertiary/aromatic N) is 6. The Labute approximate surface area is 207 Å². The second kappa shape index (κ2) is 8.58. The molecule has 2 aliphatic rings. The quantitative estimate of drug-likeness (QED) is 0.566. The van der Waals surface area contributed by atoms with Gasteiger partial charge in [0.1, 0.15) is 17.6 Å². The van der Waals surface area contributed by atoms with E-state index < -0.39 is 23.2 Å². The molecule has 2 aromatic heterocycles. The van der Waals surface area contributed by atoms with Crippen LogP contribution in [0.2, 0.25) is 0 Å². The van der Waals surface area contributed by atoms with E-state index in [-0.39, 0.29) is 40.0 Å². The maximum Gasteiger partial charge on any atom is 0.348 e. The number of fused-ring (bicyclic) bond motifs is 2. The lowest BCUT2D eigenvalue weighted by Crippen LogP contribution is -2.72. The zero-order chi connectivity index (χ0) is 25.8. The predicted octanol–water partition coefficient (Wildman–Crippen LogP) is 2.98.